The number of aromatic nitrogens is 2. The first-order chi connectivity index (χ1) is 8.70. The van der Waals surface area contributed by atoms with Crippen LogP contribution in [0, 0.1) is 5.41 Å². The fourth-order valence-corrected chi connectivity index (χ4v) is 1.97. The predicted molar refractivity (Wildman–Crippen MR) is 72.8 cm³/mol. The van der Waals surface area contributed by atoms with E-state index in [0.717, 1.165) is 36.3 Å². The van der Waals surface area contributed by atoms with E-state index in [4.69, 9.17) is 11.1 Å². The van der Waals surface area contributed by atoms with Crippen LogP contribution < -0.4 is 5.73 Å². The van der Waals surface area contributed by atoms with Crippen molar-refractivity contribution in [2.24, 2.45) is 5.73 Å². The fraction of sp³-hybridized carbons (Fsp3) is 0.286. The highest BCUT2D eigenvalue weighted by Gasteiger charge is 2.04. The second-order valence-electron chi connectivity index (χ2n) is 4.34. The zero-order chi connectivity index (χ0) is 13.0. The summed E-state index contributed by atoms with van der Waals surface area (Å²) >= 11 is 0. The van der Waals surface area contributed by atoms with Gasteiger partial charge in [0.2, 0.25) is 0 Å². The number of benzene rings is 1. The minimum Gasteiger partial charge on any atom is -0.384 e. The Labute approximate surface area is 107 Å². The maximum Gasteiger partial charge on any atom is 0.122 e. The van der Waals surface area contributed by atoms with Gasteiger partial charge in [-0.2, -0.15) is 0 Å². The summed E-state index contributed by atoms with van der Waals surface area (Å²) in [4.78, 5) is 4.36. The molecule has 1 aromatic carbocycles. The number of hydrogen-bond acceptors (Lipinski definition) is 2. The summed E-state index contributed by atoms with van der Waals surface area (Å²) in [7, 11) is 0. The van der Waals surface area contributed by atoms with Crippen molar-refractivity contribution in [3.8, 4) is 0 Å². The Morgan fingerprint density at radius 3 is 3.00 bits per heavy atom. The van der Waals surface area contributed by atoms with E-state index in [0.29, 0.717) is 0 Å². The molecule has 2 aromatic rings. The van der Waals surface area contributed by atoms with Crippen molar-refractivity contribution >= 4 is 5.84 Å². The number of hydrogen-bond donors (Lipinski definition) is 2. The zero-order valence-corrected chi connectivity index (χ0v) is 10.6. The fourth-order valence-electron chi connectivity index (χ4n) is 1.97. The van der Waals surface area contributed by atoms with Crippen LogP contribution in [-0.4, -0.2) is 15.4 Å². The van der Waals surface area contributed by atoms with E-state index in [-0.39, 0.29) is 5.84 Å². The Balaban J connectivity index is 2.20. The second-order valence-corrected chi connectivity index (χ2v) is 4.34. The second kappa shape index (κ2) is 5.49. The van der Waals surface area contributed by atoms with Crippen LogP contribution in [0.3, 0.4) is 0 Å². The topological polar surface area (TPSA) is 67.7 Å². The first-order valence-electron chi connectivity index (χ1n) is 6.14. The number of nitrogen functional groups attached to an aromatic ring is 1. The lowest BCUT2D eigenvalue weighted by Gasteiger charge is -2.08. The summed E-state index contributed by atoms with van der Waals surface area (Å²) in [5.74, 6) is 1.21. The van der Waals surface area contributed by atoms with Crippen molar-refractivity contribution < 1.29 is 0 Å². The van der Waals surface area contributed by atoms with Gasteiger partial charge in [-0.15, -0.1) is 0 Å². The van der Waals surface area contributed by atoms with E-state index < -0.39 is 0 Å². The molecule has 0 saturated carbocycles. The molecule has 0 atom stereocenters. The normalized spacial score (nSPS) is 10.5. The Morgan fingerprint density at radius 1 is 1.44 bits per heavy atom. The van der Waals surface area contributed by atoms with Crippen LogP contribution in [0.2, 0.25) is 0 Å². The third kappa shape index (κ3) is 2.77. The largest absolute Gasteiger partial charge is 0.384 e. The molecule has 1 aromatic heterocycles. The molecule has 4 heteroatoms. The number of imidazole rings is 1. The Hall–Kier alpha value is -2.10. The van der Waals surface area contributed by atoms with Crippen molar-refractivity contribution in [2.45, 2.75) is 26.3 Å². The van der Waals surface area contributed by atoms with Crippen LogP contribution in [0.15, 0.2) is 36.7 Å². The number of amidine groups is 1. The molecule has 94 valence electrons. The van der Waals surface area contributed by atoms with Crippen molar-refractivity contribution in [2.75, 3.05) is 0 Å². The molecular weight excluding hydrogens is 224 g/mol. The molecule has 0 radical (unpaired) electrons. The maximum absolute atomic E-state index is 7.45. The molecule has 0 bridgehead atoms. The minimum absolute atomic E-state index is 0.108. The van der Waals surface area contributed by atoms with Gasteiger partial charge in [-0.25, -0.2) is 4.98 Å². The van der Waals surface area contributed by atoms with Crippen LogP contribution >= 0.6 is 0 Å². The lowest BCUT2D eigenvalue weighted by atomic mass is 10.1. The molecule has 0 spiro atoms. The van der Waals surface area contributed by atoms with E-state index in [1.165, 1.54) is 0 Å². The summed E-state index contributed by atoms with van der Waals surface area (Å²) in [5.41, 5.74) is 7.40. The molecule has 0 aliphatic heterocycles. The van der Waals surface area contributed by atoms with Crippen molar-refractivity contribution in [1.29, 1.82) is 5.41 Å². The molecule has 0 aliphatic rings. The Kier molecular flexibility index (Phi) is 3.77. The quantitative estimate of drug-likeness (QED) is 0.623. The summed E-state index contributed by atoms with van der Waals surface area (Å²) in [6, 6.07) is 7.79. The molecular formula is C14H18N4. The molecule has 18 heavy (non-hydrogen) atoms. The molecule has 0 aliphatic carbocycles. The molecule has 4 nitrogen and oxygen atoms in total. The van der Waals surface area contributed by atoms with Crippen LogP contribution in [0.4, 0.5) is 0 Å². The lowest BCUT2D eigenvalue weighted by molar-refractivity contribution is 0.705. The highest BCUT2D eigenvalue weighted by Crippen LogP contribution is 2.09. The van der Waals surface area contributed by atoms with Gasteiger partial charge in [0.15, 0.2) is 0 Å². The minimum atomic E-state index is 0.108. The van der Waals surface area contributed by atoms with E-state index in [1.54, 1.807) is 0 Å². The van der Waals surface area contributed by atoms with E-state index in [1.807, 2.05) is 36.7 Å². The lowest BCUT2D eigenvalue weighted by Crippen LogP contribution is -2.12. The number of nitrogens with one attached hydrogen (secondary N) is 1. The van der Waals surface area contributed by atoms with Gasteiger partial charge in [0.25, 0.3) is 0 Å². The Morgan fingerprint density at radius 2 is 2.28 bits per heavy atom. The molecule has 3 N–H and O–H groups in total. The third-order valence-corrected chi connectivity index (χ3v) is 2.87. The van der Waals surface area contributed by atoms with Gasteiger partial charge in [-0.3, -0.25) is 5.41 Å². The number of rotatable bonds is 5. The van der Waals surface area contributed by atoms with Gasteiger partial charge in [0, 0.05) is 30.9 Å². The van der Waals surface area contributed by atoms with Crippen molar-refractivity contribution in [1.82, 2.24) is 9.55 Å². The smallest absolute Gasteiger partial charge is 0.122 e. The van der Waals surface area contributed by atoms with Gasteiger partial charge in [0.1, 0.15) is 11.7 Å². The molecule has 0 fully saturated rings. The average molecular weight is 242 g/mol. The van der Waals surface area contributed by atoms with Crippen LogP contribution in [-0.2, 0) is 13.0 Å². The summed E-state index contributed by atoms with van der Waals surface area (Å²) in [5, 5.41) is 7.45. The predicted octanol–water partition coefficient (Wildman–Crippen LogP) is 2.17. The molecule has 0 saturated heterocycles. The van der Waals surface area contributed by atoms with Gasteiger partial charge >= 0.3 is 0 Å². The van der Waals surface area contributed by atoms with Crippen LogP contribution in [0.25, 0.3) is 0 Å². The summed E-state index contributed by atoms with van der Waals surface area (Å²) in [6.07, 6.45) is 5.90. The monoisotopic (exact) mass is 242 g/mol. The summed E-state index contributed by atoms with van der Waals surface area (Å²) < 4.78 is 2.14. The molecule has 1 heterocycles. The molecule has 0 amide bonds. The molecule has 2 rings (SSSR count). The Bertz CT molecular complexity index is 542. The SMILES string of the molecule is CCCc1nccn1Cc1cccc(C(=N)N)c1. The maximum atomic E-state index is 7.45. The zero-order valence-electron chi connectivity index (χ0n) is 10.6. The number of nitrogens with two attached hydrogens (primary N) is 1. The van der Waals surface area contributed by atoms with Gasteiger partial charge in [0.05, 0.1) is 0 Å². The number of nitrogens with zero attached hydrogens (tertiary/aromatic N) is 2. The van der Waals surface area contributed by atoms with Gasteiger partial charge < -0.3 is 10.3 Å². The highest BCUT2D eigenvalue weighted by atomic mass is 15.1. The van der Waals surface area contributed by atoms with Gasteiger partial charge in [-0.1, -0.05) is 25.1 Å². The van der Waals surface area contributed by atoms with Crippen LogP contribution in [0.1, 0.15) is 30.3 Å². The van der Waals surface area contributed by atoms with Crippen molar-refractivity contribution in [3.63, 3.8) is 0 Å². The van der Waals surface area contributed by atoms with E-state index in [2.05, 4.69) is 16.5 Å². The van der Waals surface area contributed by atoms with Crippen LogP contribution in [0.5, 0.6) is 0 Å². The standard InChI is InChI=1S/C14H18N4/c1-2-4-13-17-7-8-18(13)10-11-5-3-6-12(9-11)14(15)16/h3,5-9H,2,4,10H2,1H3,(H3,15,16). The number of aryl methyl sites for hydroxylation is 1. The summed E-state index contributed by atoms with van der Waals surface area (Å²) in [6.45, 7) is 2.92. The third-order valence-electron chi connectivity index (χ3n) is 2.87. The van der Waals surface area contributed by atoms with Crippen molar-refractivity contribution in [3.05, 3.63) is 53.6 Å². The van der Waals surface area contributed by atoms with E-state index in [9.17, 15) is 0 Å². The van der Waals surface area contributed by atoms with E-state index >= 15 is 0 Å². The highest BCUT2D eigenvalue weighted by molar-refractivity contribution is 5.95. The first-order valence-corrected chi connectivity index (χ1v) is 6.14. The van der Waals surface area contributed by atoms with Gasteiger partial charge in [-0.05, 0) is 18.1 Å². The first kappa shape index (κ1) is 12.4. The molecule has 0 unspecified atom stereocenters. The average Bonchev–Trinajstić information content (AvgIpc) is 2.77.